The van der Waals surface area contributed by atoms with Gasteiger partial charge in [0.05, 0.1) is 12.3 Å². The van der Waals surface area contributed by atoms with Crippen LogP contribution in [-0.2, 0) is 5.41 Å². The van der Waals surface area contributed by atoms with E-state index in [9.17, 15) is 0 Å². The number of rotatable bonds is 7. The largest absolute Gasteiger partial charge is 0.492 e. The van der Waals surface area contributed by atoms with Crippen LogP contribution in [0.25, 0.3) is 0 Å². The van der Waals surface area contributed by atoms with Gasteiger partial charge in [-0.15, -0.1) is 0 Å². The zero-order valence-corrected chi connectivity index (χ0v) is 23.4. The lowest BCUT2D eigenvalue weighted by Crippen LogP contribution is -2.22. The van der Waals surface area contributed by atoms with Gasteiger partial charge in [0, 0.05) is 29.4 Å². The van der Waals surface area contributed by atoms with Gasteiger partial charge in [0.1, 0.15) is 5.75 Å². The Hall–Kier alpha value is -2.96. The normalized spacial score (nSPS) is 16.2. The van der Waals surface area contributed by atoms with Crippen molar-refractivity contribution < 1.29 is 4.74 Å². The van der Waals surface area contributed by atoms with Gasteiger partial charge in [-0.1, -0.05) is 108 Å². The molecule has 1 aliphatic rings. The van der Waals surface area contributed by atoms with Gasteiger partial charge >= 0.3 is 0 Å². The van der Waals surface area contributed by atoms with E-state index in [0.29, 0.717) is 21.1 Å². The maximum Gasteiger partial charge on any atom is 0.129 e. The van der Waals surface area contributed by atoms with Gasteiger partial charge in [-0.05, 0) is 53.7 Å². The first-order valence-electron chi connectivity index (χ1n) is 12.8. The molecule has 1 aliphatic carbocycles. The summed E-state index contributed by atoms with van der Waals surface area (Å²) in [6, 6.07) is 21.7. The second kappa shape index (κ2) is 11.4. The van der Waals surface area contributed by atoms with Crippen LogP contribution in [0.3, 0.4) is 0 Å². The monoisotopic (exact) mass is 495 g/mol. The molecule has 2 unspecified atom stereocenters. The van der Waals surface area contributed by atoms with E-state index in [1.165, 1.54) is 32.9 Å². The SMILES string of the molecule is CN=C(c1ccccc1)c1cccc(C)c1Pc1cc(C(C)(C)C)cc(C)c1OCC1C=CC=CC1. The van der Waals surface area contributed by atoms with Crippen molar-refractivity contribution in [3.8, 4) is 5.75 Å². The number of allylic oxidation sites excluding steroid dienone is 3. The highest BCUT2D eigenvalue weighted by Crippen LogP contribution is 2.32. The van der Waals surface area contributed by atoms with Crippen LogP contribution in [0.1, 0.15) is 55.0 Å². The highest BCUT2D eigenvalue weighted by molar-refractivity contribution is 7.56. The Labute approximate surface area is 219 Å². The highest BCUT2D eigenvalue weighted by atomic mass is 31.1. The van der Waals surface area contributed by atoms with Crippen molar-refractivity contribution in [1.82, 2.24) is 0 Å². The minimum Gasteiger partial charge on any atom is -0.492 e. The lowest BCUT2D eigenvalue weighted by atomic mass is 9.86. The van der Waals surface area contributed by atoms with Crippen LogP contribution in [0.15, 0.2) is 90.0 Å². The molecule has 0 bridgehead atoms. The Morgan fingerprint density at radius 1 is 0.972 bits per heavy atom. The fourth-order valence-electron chi connectivity index (χ4n) is 4.60. The van der Waals surface area contributed by atoms with E-state index in [1.807, 2.05) is 7.05 Å². The molecule has 3 aromatic carbocycles. The first-order valence-corrected chi connectivity index (χ1v) is 13.8. The molecule has 0 saturated heterocycles. The Balaban J connectivity index is 1.78. The van der Waals surface area contributed by atoms with Crippen LogP contribution in [0, 0.1) is 19.8 Å². The number of nitrogens with zero attached hydrogens (tertiary/aromatic N) is 1. The fraction of sp³-hybridized carbons (Fsp3) is 0.303. The zero-order chi connectivity index (χ0) is 25.7. The van der Waals surface area contributed by atoms with E-state index in [-0.39, 0.29) is 5.41 Å². The van der Waals surface area contributed by atoms with Gasteiger partial charge in [-0.25, -0.2) is 0 Å². The van der Waals surface area contributed by atoms with Crippen molar-refractivity contribution >= 4 is 24.9 Å². The Morgan fingerprint density at radius 2 is 1.75 bits per heavy atom. The molecular weight excluding hydrogens is 457 g/mol. The zero-order valence-electron chi connectivity index (χ0n) is 22.4. The van der Waals surface area contributed by atoms with Crippen LogP contribution < -0.4 is 15.3 Å². The third-order valence-electron chi connectivity index (χ3n) is 6.71. The smallest absolute Gasteiger partial charge is 0.129 e. The number of ether oxygens (including phenoxy) is 1. The summed E-state index contributed by atoms with van der Waals surface area (Å²) in [5.41, 5.74) is 7.28. The summed E-state index contributed by atoms with van der Waals surface area (Å²) in [6.07, 6.45) is 9.75. The summed E-state index contributed by atoms with van der Waals surface area (Å²) in [5, 5.41) is 2.60. The standard InChI is InChI=1S/C33H38NOP/c1-23-14-13-19-28(30(34-6)26-17-11-8-12-18-26)32(23)36-29-21-27(33(3,4)5)20-24(2)31(29)35-22-25-15-9-7-10-16-25/h7-15,17-21,25,36H,16,22H2,1-6H3. The maximum absolute atomic E-state index is 6.59. The van der Waals surface area contributed by atoms with Crippen LogP contribution in [0.4, 0.5) is 0 Å². The van der Waals surface area contributed by atoms with Crippen LogP contribution >= 0.6 is 8.58 Å². The molecule has 0 aromatic heterocycles. The second-order valence-electron chi connectivity index (χ2n) is 10.6. The number of hydrogen-bond acceptors (Lipinski definition) is 2. The van der Waals surface area contributed by atoms with E-state index in [0.717, 1.165) is 23.4 Å². The minimum atomic E-state index is 0.0636. The molecule has 3 heteroatoms. The second-order valence-corrected chi connectivity index (χ2v) is 11.9. The molecular formula is C33H38NOP. The summed E-state index contributed by atoms with van der Waals surface area (Å²) in [5.74, 6) is 1.45. The van der Waals surface area contributed by atoms with Gasteiger partial charge in [0.25, 0.3) is 0 Å². The lowest BCUT2D eigenvalue weighted by molar-refractivity contribution is 0.276. The molecule has 2 atom stereocenters. The molecule has 0 aliphatic heterocycles. The molecule has 4 rings (SSSR count). The summed E-state index contributed by atoms with van der Waals surface area (Å²) in [7, 11) is 2.36. The van der Waals surface area contributed by atoms with Gasteiger partial charge in [0.15, 0.2) is 0 Å². The molecule has 0 fully saturated rings. The molecule has 0 heterocycles. The van der Waals surface area contributed by atoms with Crippen LogP contribution in [0.2, 0.25) is 0 Å². The molecule has 0 amide bonds. The van der Waals surface area contributed by atoms with Crippen molar-refractivity contribution in [3.63, 3.8) is 0 Å². The van der Waals surface area contributed by atoms with Crippen molar-refractivity contribution in [3.05, 3.63) is 113 Å². The Morgan fingerprint density at radius 3 is 2.42 bits per heavy atom. The molecule has 0 spiro atoms. The van der Waals surface area contributed by atoms with Crippen molar-refractivity contribution in [1.29, 1.82) is 0 Å². The number of benzene rings is 3. The predicted octanol–water partition coefficient (Wildman–Crippen LogP) is 7.21. The first kappa shape index (κ1) is 26.1. The summed E-state index contributed by atoms with van der Waals surface area (Å²) in [4.78, 5) is 4.74. The molecule has 0 saturated carbocycles. The van der Waals surface area contributed by atoms with Gasteiger partial charge in [0.2, 0.25) is 0 Å². The van der Waals surface area contributed by atoms with E-state index in [2.05, 4.69) is 120 Å². The van der Waals surface area contributed by atoms with Crippen molar-refractivity contribution in [2.45, 2.75) is 46.5 Å². The minimum absolute atomic E-state index is 0.0636. The van der Waals surface area contributed by atoms with E-state index in [4.69, 9.17) is 9.73 Å². The highest BCUT2D eigenvalue weighted by Gasteiger charge is 2.21. The molecule has 3 aromatic rings. The number of hydrogen-bond donors (Lipinski definition) is 0. The third-order valence-corrected chi connectivity index (χ3v) is 8.26. The van der Waals surface area contributed by atoms with Gasteiger partial charge < -0.3 is 4.74 Å². The quantitative estimate of drug-likeness (QED) is 0.251. The number of aliphatic imine (C=N–C) groups is 1. The molecule has 0 N–H and O–H groups in total. The first-order chi connectivity index (χ1) is 17.3. The van der Waals surface area contributed by atoms with Crippen molar-refractivity contribution in [2.24, 2.45) is 10.9 Å². The lowest BCUT2D eigenvalue weighted by Gasteiger charge is -2.25. The third kappa shape index (κ3) is 6.05. The summed E-state index contributed by atoms with van der Waals surface area (Å²) in [6.45, 7) is 11.9. The Kier molecular flexibility index (Phi) is 8.27. The molecule has 36 heavy (non-hydrogen) atoms. The average molecular weight is 496 g/mol. The Bertz CT molecular complexity index is 1300. The average Bonchev–Trinajstić information content (AvgIpc) is 2.86. The predicted molar refractivity (Wildman–Crippen MR) is 159 cm³/mol. The van der Waals surface area contributed by atoms with Crippen LogP contribution in [-0.4, -0.2) is 19.4 Å². The maximum atomic E-state index is 6.59. The van der Waals surface area contributed by atoms with Gasteiger partial charge in [-0.3, -0.25) is 4.99 Å². The molecule has 186 valence electrons. The van der Waals surface area contributed by atoms with E-state index in [1.54, 1.807) is 0 Å². The van der Waals surface area contributed by atoms with E-state index >= 15 is 0 Å². The number of aryl methyl sites for hydroxylation is 2. The summed E-state index contributed by atoms with van der Waals surface area (Å²) < 4.78 is 6.59. The molecule has 2 nitrogen and oxygen atoms in total. The fourth-order valence-corrected chi connectivity index (χ4v) is 6.10. The topological polar surface area (TPSA) is 21.6 Å². The van der Waals surface area contributed by atoms with Gasteiger partial charge in [-0.2, -0.15) is 0 Å². The van der Waals surface area contributed by atoms with E-state index < -0.39 is 0 Å². The molecule has 0 radical (unpaired) electrons. The summed E-state index contributed by atoms with van der Waals surface area (Å²) >= 11 is 0. The van der Waals surface area contributed by atoms with Crippen molar-refractivity contribution in [2.75, 3.05) is 13.7 Å². The van der Waals surface area contributed by atoms with Crippen LogP contribution in [0.5, 0.6) is 5.75 Å².